The molecule has 1 aromatic rings. The van der Waals surface area contributed by atoms with E-state index < -0.39 is 0 Å². The van der Waals surface area contributed by atoms with Crippen molar-refractivity contribution in [2.24, 2.45) is 0 Å². The van der Waals surface area contributed by atoms with Gasteiger partial charge in [-0.3, -0.25) is 4.68 Å². The van der Waals surface area contributed by atoms with Crippen molar-refractivity contribution in [3.8, 4) is 0 Å². The molecule has 0 unspecified atom stereocenters. The first-order valence-electron chi connectivity index (χ1n) is 5.09. The zero-order chi connectivity index (χ0) is 11.1. The van der Waals surface area contributed by atoms with Crippen LogP contribution >= 0.6 is 0 Å². The summed E-state index contributed by atoms with van der Waals surface area (Å²) in [4.78, 5) is 10.7. The number of nitrogens with zero attached hydrogens (tertiary/aromatic N) is 3. The van der Waals surface area contributed by atoms with Crippen molar-refractivity contribution in [1.29, 1.82) is 0 Å². The summed E-state index contributed by atoms with van der Waals surface area (Å²) in [5, 5.41) is 7.89. The smallest absolute Gasteiger partial charge is 0.129 e. The number of hydrogen-bond donors (Lipinski definition) is 0. The molecule has 0 aromatic carbocycles. The van der Waals surface area contributed by atoms with E-state index in [1.807, 2.05) is 6.20 Å². The second-order valence-corrected chi connectivity index (χ2v) is 3.57. The predicted molar refractivity (Wildman–Crippen MR) is 55.3 cm³/mol. The Bertz CT molecular complexity index is 309. The zero-order valence-electron chi connectivity index (χ0n) is 9.27. The first-order chi connectivity index (χ1) is 7.22. The topological polar surface area (TPSA) is 57.0 Å². The Morgan fingerprint density at radius 2 is 2.33 bits per heavy atom. The van der Waals surface area contributed by atoms with Crippen LogP contribution in [0.4, 0.5) is 0 Å². The standard InChI is InChI=1S/C10H17N3O2/c1-9(14)5-3-4-6-13-7-10(8-15-2)11-12-13/h7H,3-6,8H2,1-2H3. The maximum absolute atomic E-state index is 10.7. The maximum atomic E-state index is 10.7. The molecule has 0 atom stereocenters. The molecular formula is C10H17N3O2. The molecular weight excluding hydrogens is 194 g/mol. The fraction of sp³-hybridized carbons (Fsp3) is 0.700. The number of methoxy groups -OCH3 is 1. The van der Waals surface area contributed by atoms with E-state index >= 15 is 0 Å². The van der Waals surface area contributed by atoms with Gasteiger partial charge in [0.15, 0.2) is 0 Å². The molecule has 1 aromatic heterocycles. The number of ether oxygens (including phenoxy) is 1. The highest BCUT2D eigenvalue weighted by atomic mass is 16.5. The quantitative estimate of drug-likeness (QED) is 0.635. The molecule has 0 saturated carbocycles. The predicted octanol–water partition coefficient (Wildman–Crippen LogP) is 1.18. The van der Waals surface area contributed by atoms with E-state index in [0.717, 1.165) is 25.1 Å². The van der Waals surface area contributed by atoms with Crippen LogP contribution in [0.25, 0.3) is 0 Å². The molecule has 0 spiro atoms. The van der Waals surface area contributed by atoms with Crippen LogP contribution in [0, 0.1) is 0 Å². The number of aryl methyl sites for hydroxylation is 1. The summed E-state index contributed by atoms with van der Waals surface area (Å²) in [6.07, 6.45) is 4.39. The van der Waals surface area contributed by atoms with Crippen LogP contribution in [0.2, 0.25) is 0 Å². The van der Waals surface area contributed by atoms with Crippen LogP contribution in [0.5, 0.6) is 0 Å². The minimum Gasteiger partial charge on any atom is -0.378 e. The molecule has 0 amide bonds. The zero-order valence-corrected chi connectivity index (χ0v) is 9.27. The number of carbonyl (C=O) groups is 1. The van der Waals surface area contributed by atoms with Crippen LogP contribution in [0.15, 0.2) is 6.20 Å². The van der Waals surface area contributed by atoms with Gasteiger partial charge in [-0.25, -0.2) is 0 Å². The molecule has 1 heterocycles. The third-order valence-electron chi connectivity index (χ3n) is 2.04. The highest BCUT2D eigenvalue weighted by Crippen LogP contribution is 2.00. The van der Waals surface area contributed by atoms with Crippen molar-refractivity contribution in [2.75, 3.05) is 7.11 Å². The summed E-state index contributed by atoms with van der Waals surface area (Å²) in [6.45, 7) is 2.92. The number of aromatic nitrogens is 3. The van der Waals surface area contributed by atoms with Gasteiger partial charge in [0.25, 0.3) is 0 Å². The number of unbranched alkanes of at least 4 members (excludes halogenated alkanes) is 1. The molecule has 0 fully saturated rings. The number of hydrogen-bond acceptors (Lipinski definition) is 4. The van der Waals surface area contributed by atoms with E-state index in [1.54, 1.807) is 18.7 Å². The Morgan fingerprint density at radius 3 is 3.00 bits per heavy atom. The molecule has 0 bridgehead atoms. The van der Waals surface area contributed by atoms with Crippen LogP contribution in [0.1, 0.15) is 31.9 Å². The molecule has 5 nitrogen and oxygen atoms in total. The second kappa shape index (κ2) is 6.29. The third kappa shape index (κ3) is 4.69. The monoisotopic (exact) mass is 211 g/mol. The van der Waals surface area contributed by atoms with Crippen molar-refractivity contribution in [1.82, 2.24) is 15.0 Å². The number of Topliss-reactive ketones (excluding diaryl/α,β-unsaturated/α-hetero) is 1. The molecule has 0 saturated heterocycles. The van der Waals surface area contributed by atoms with Gasteiger partial charge in [-0.05, 0) is 19.8 Å². The lowest BCUT2D eigenvalue weighted by Crippen LogP contribution is -2.00. The van der Waals surface area contributed by atoms with E-state index in [-0.39, 0.29) is 5.78 Å². The number of rotatable bonds is 7. The average molecular weight is 211 g/mol. The highest BCUT2D eigenvalue weighted by molar-refractivity contribution is 5.75. The SMILES string of the molecule is COCc1cn(CCCCC(C)=O)nn1. The van der Waals surface area contributed by atoms with Crippen LogP contribution in [-0.2, 0) is 22.7 Å². The summed E-state index contributed by atoms with van der Waals surface area (Å²) >= 11 is 0. The fourth-order valence-electron chi connectivity index (χ4n) is 1.31. The first kappa shape index (κ1) is 11.8. The minimum atomic E-state index is 0.244. The van der Waals surface area contributed by atoms with Crippen LogP contribution < -0.4 is 0 Å². The van der Waals surface area contributed by atoms with Crippen molar-refractivity contribution in [3.63, 3.8) is 0 Å². The number of ketones is 1. The van der Waals surface area contributed by atoms with Gasteiger partial charge in [0.1, 0.15) is 11.5 Å². The molecule has 0 aliphatic rings. The van der Waals surface area contributed by atoms with E-state index in [2.05, 4.69) is 10.3 Å². The van der Waals surface area contributed by atoms with Crippen molar-refractivity contribution < 1.29 is 9.53 Å². The van der Waals surface area contributed by atoms with E-state index in [1.165, 1.54) is 0 Å². The highest BCUT2D eigenvalue weighted by Gasteiger charge is 2.00. The minimum absolute atomic E-state index is 0.244. The summed E-state index contributed by atoms with van der Waals surface area (Å²) in [5.41, 5.74) is 0.837. The van der Waals surface area contributed by atoms with E-state index in [4.69, 9.17) is 4.74 Å². The Labute approximate surface area is 89.4 Å². The molecule has 1 rings (SSSR count). The van der Waals surface area contributed by atoms with E-state index in [0.29, 0.717) is 13.0 Å². The van der Waals surface area contributed by atoms with Gasteiger partial charge in [-0.15, -0.1) is 5.10 Å². The van der Waals surface area contributed by atoms with Crippen molar-refractivity contribution in [3.05, 3.63) is 11.9 Å². The summed E-state index contributed by atoms with van der Waals surface area (Å²) in [6, 6.07) is 0. The molecule has 84 valence electrons. The molecule has 0 aliphatic carbocycles. The molecule has 0 radical (unpaired) electrons. The third-order valence-corrected chi connectivity index (χ3v) is 2.04. The second-order valence-electron chi connectivity index (χ2n) is 3.57. The lowest BCUT2D eigenvalue weighted by Gasteiger charge is -1.98. The summed E-state index contributed by atoms with van der Waals surface area (Å²) in [7, 11) is 1.63. The van der Waals surface area contributed by atoms with Crippen LogP contribution in [-0.4, -0.2) is 27.9 Å². The first-order valence-corrected chi connectivity index (χ1v) is 5.09. The summed E-state index contributed by atoms with van der Waals surface area (Å²) in [5.74, 6) is 0.244. The van der Waals surface area contributed by atoms with Gasteiger partial charge in [0.2, 0.25) is 0 Å². The molecule has 0 aliphatic heterocycles. The Hall–Kier alpha value is -1.23. The normalized spacial score (nSPS) is 10.5. The fourth-order valence-corrected chi connectivity index (χ4v) is 1.31. The maximum Gasteiger partial charge on any atom is 0.129 e. The largest absolute Gasteiger partial charge is 0.378 e. The lowest BCUT2D eigenvalue weighted by atomic mass is 10.2. The molecule has 15 heavy (non-hydrogen) atoms. The van der Waals surface area contributed by atoms with Gasteiger partial charge >= 0.3 is 0 Å². The molecule has 5 heteroatoms. The average Bonchev–Trinajstić information content (AvgIpc) is 2.61. The van der Waals surface area contributed by atoms with Crippen LogP contribution in [0.3, 0.4) is 0 Å². The number of carbonyl (C=O) groups excluding carboxylic acids is 1. The van der Waals surface area contributed by atoms with Gasteiger partial charge in [0.05, 0.1) is 12.8 Å². The van der Waals surface area contributed by atoms with E-state index in [9.17, 15) is 4.79 Å². The Kier molecular flexibility index (Phi) is 4.97. The van der Waals surface area contributed by atoms with Crippen molar-refractivity contribution >= 4 is 5.78 Å². The van der Waals surface area contributed by atoms with Gasteiger partial charge in [-0.1, -0.05) is 5.21 Å². The van der Waals surface area contributed by atoms with Gasteiger partial charge < -0.3 is 9.53 Å². The summed E-state index contributed by atoms with van der Waals surface area (Å²) < 4.78 is 6.72. The lowest BCUT2D eigenvalue weighted by molar-refractivity contribution is -0.117. The Morgan fingerprint density at radius 1 is 1.53 bits per heavy atom. The van der Waals surface area contributed by atoms with Gasteiger partial charge in [-0.2, -0.15) is 0 Å². The molecule has 0 N–H and O–H groups in total. The Balaban J connectivity index is 2.22. The van der Waals surface area contributed by atoms with Gasteiger partial charge in [0, 0.05) is 20.1 Å². The van der Waals surface area contributed by atoms with Crippen molar-refractivity contribution in [2.45, 2.75) is 39.3 Å².